The maximum absolute atomic E-state index is 12.9. The Morgan fingerprint density at radius 2 is 2.09 bits per heavy atom. The first-order valence-corrected chi connectivity index (χ1v) is 9.24. The minimum absolute atomic E-state index is 0.102. The van der Waals surface area contributed by atoms with Crippen LogP contribution in [0, 0.1) is 5.92 Å². The molecule has 3 fully saturated rings. The van der Waals surface area contributed by atoms with Gasteiger partial charge in [-0.1, -0.05) is 12.1 Å². The maximum Gasteiger partial charge on any atom is 0.251 e. The largest absolute Gasteiger partial charge is 0.358 e. The molecule has 3 saturated heterocycles. The van der Waals surface area contributed by atoms with Crippen LogP contribution >= 0.6 is 9.47 Å². The molecular formula is C18H25N2O2P. The second-order valence-corrected chi connectivity index (χ2v) is 7.38. The van der Waals surface area contributed by atoms with Crippen LogP contribution in [-0.4, -0.2) is 36.5 Å². The summed E-state index contributed by atoms with van der Waals surface area (Å²) in [5.41, 5.74) is 3.23. The molecule has 2 bridgehead atoms. The quantitative estimate of drug-likeness (QED) is 0.866. The molecular weight excluding hydrogens is 307 g/mol. The second-order valence-electron chi connectivity index (χ2n) is 7.11. The smallest absolute Gasteiger partial charge is 0.251 e. The molecule has 3 aliphatic heterocycles. The minimum atomic E-state index is 0.102. The molecule has 1 aliphatic carbocycles. The number of carbonyl (C=O) groups excluding carboxylic acids is 1. The van der Waals surface area contributed by atoms with Crippen molar-refractivity contribution in [2.24, 2.45) is 5.92 Å². The molecule has 5 heteroatoms. The van der Waals surface area contributed by atoms with E-state index in [1.165, 1.54) is 37.1 Å². The number of amides is 1. The molecule has 124 valence electrons. The Bertz CT molecular complexity index is 599. The summed E-state index contributed by atoms with van der Waals surface area (Å²) < 4.78 is 5.52. The van der Waals surface area contributed by atoms with Crippen molar-refractivity contribution in [1.82, 2.24) is 10.2 Å². The van der Waals surface area contributed by atoms with Gasteiger partial charge in [-0.2, -0.15) is 0 Å². The van der Waals surface area contributed by atoms with Gasteiger partial charge in [-0.3, -0.25) is 4.79 Å². The van der Waals surface area contributed by atoms with Gasteiger partial charge in [0.2, 0.25) is 0 Å². The highest BCUT2D eigenvalue weighted by Crippen LogP contribution is 2.35. The molecule has 3 heterocycles. The first-order chi connectivity index (χ1) is 11.3. The van der Waals surface area contributed by atoms with E-state index in [4.69, 9.17) is 4.52 Å². The number of hydrogen-bond donors (Lipinski definition) is 1. The number of piperidine rings is 3. The molecule has 0 radical (unpaired) electrons. The van der Waals surface area contributed by atoms with Gasteiger partial charge in [-0.25, -0.2) is 0 Å². The van der Waals surface area contributed by atoms with Crippen molar-refractivity contribution in [2.45, 2.75) is 44.2 Å². The van der Waals surface area contributed by atoms with E-state index in [1.807, 2.05) is 12.1 Å². The number of benzene rings is 1. The lowest BCUT2D eigenvalue weighted by Gasteiger charge is -2.45. The Hall–Kier alpha value is -0.960. The highest BCUT2D eigenvalue weighted by molar-refractivity contribution is 7.09. The summed E-state index contributed by atoms with van der Waals surface area (Å²) in [6.45, 7) is 3.42. The minimum Gasteiger partial charge on any atom is -0.358 e. The van der Waals surface area contributed by atoms with Gasteiger partial charge in [0.25, 0.3) is 5.91 Å². The van der Waals surface area contributed by atoms with Gasteiger partial charge in [0.15, 0.2) is 0 Å². The topological polar surface area (TPSA) is 41.6 Å². The highest BCUT2D eigenvalue weighted by atomic mass is 31.0. The lowest BCUT2D eigenvalue weighted by molar-refractivity contribution is 0.0619. The summed E-state index contributed by atoms with van der Waals surface area (Å²) in [4.78, 5) is 15.4. The fraction of sp³-hybridized carbons (Fsp3) is 0.611. The van der Waals surface area contributed by atoms with Crippen LogP contribution in [0.3, 0.4) is 0 Å². The van der Waals surface area contributed by atoms with Crippen molar-refractivity contribution in [1.29, 1.82) is 0 Å². The van der Waals surface area contributed by atoms with Crippen LogP contribution < -0.4 is 5.32 Å². The maximum atomic E-state index is 12.9. The Labute approximate surface area is 140 Å². The SMILES string of the molecule is O=C(NC1CN2CCC1CC2)c1cccc2c1CCCC2OP. The van der Waals surface area contributed by atoms with Crippen LogP contribution in [0.2, 0.25) is 0 Å². The molecule has 5 rings (SSSR count). The summed E-state index contributed by atoms with van der Waals surface area (Å²) in [5.74, 6) is 0.761. The van der Waals surface area contributed by atoms with E-state index < -0.39 is 0 Å². The van der Waals surface area contributed by atoms with Crippen LogP contribution in [0.5, 0.6) is 0 Å². The number of nitrogens with one attached hydrogen (secondary N) is 1. The third-order valence-corrected chi connectivity index (χ3v) is 6.16. The van der Waals surface area contributed by atoms with Crippen LogP contribution in [0.1, 0.15) is 53.3 Å². The van der Waals surface area contributed by atoms with Crippen LogP contribution in [0.4, 0.5) is 0 Å². The number of rotatable bonds is 3. The number of nitrogens with zero attached hydrogens (tertiary/aromatic N) is 1. The summed E-state index contributed by atoms with van der Waals surface area (Å²) in [7, 11) is 2.37. The molecule has 23 heavy (non-hydrogen) atoms. The third-order valence-electron chi connectivity index (χ3n) is 5.83. The number of hydrogen-bond acceptors (Lipinski definition) is 3. The van der Waals surface area contributed by atoms with E-state index in [1.54, 1.807) is 0 Å². The molecule has 0 aromatic heterocycles. The lowest BCUT2D eigenvalue weighted by Crippen LogP contribution is -2.57. The molecule has 0 spiro atoms. The molecule has 3 unspecified atom stereocenters. The van der Waals surface area contributed by atoms with Gasteiger partial charge >= 0.3 is 0 Å². The van der Waals surface area contributed by atoms with Gasteiger partial charge in [-0.05, 0) is 68.3 Å². The van der Waals surface area contributed by atoms with Gasteiger partial charge in [0.1, 0.15) is 0 Å². The monoisotopic (exact) mass is 332 g/mol. The lowest BCUT2D eigenvalue weighted by atomic mass is 9.83. The molecule has 0 saturated carbocycles. The molecule has 4 nitrogen and oxygen atoms in total. The van der Waals surface area contributed by atoms with Crippen molar-refractivity contribution in [3.05, 3.63) is 34.9 Å². The van der Waals surface area contributed by atoms with Gasteiger partial charge in [0.05, 0.1) is 6.10 Å². The van der Waals surface area contributed by atoms with Crippen molar-refractivity contribution < 1.29 is 9.32 Å². The number of fused-ring (bicyclic) bond motifs is 4. The summed E-state index contributed by atoms with van der Waals surface area (Å²) >= 11 is 0. The third kappa shape index (κ3) is 2.93. The molecule has 1 aromatic rings. The van der Waals surface area contributed by atoms with Crippen molar-refractivity contribution in [3.8, 4) is 0 Å². The van der Waals surface area contributed by atoms with Gasteiger partial charge in [0, 0.05) is 27.6 Å². The molecule has 4 aliphatic rings. The summed E-state index contributed by atoms with van der Waals surface area (Å²) in [6.07, 6.45) is 5.64. The van der Waals surface area contributed by atoms with E-state index in [2.05, 4.69) is 25.7 Å². The van der Waals surface area contributed by atoms with Crippen LogP contribution in [0.15, 0.2) is 18.2 Å². The van der Waals surface area contributed by atoms with Gasteiger partial charge in [-0.15, -0.1) is 0 Å². The van der Waals surface area contributed by atoms with Crippen molar-refractivity contribution in [3.63, 3.8) is 0 Å². The zero-order chi connectivity index (χ0) is 15.8. The molecule has 1 aromatic carbocycles. The molecule has 3 atom stereocenters. The second kappa shape index (κ2) is 6.51. The Balaban J connectivity index is 1.55. The zero-order valence-electron chi connectivity index (χ0n) is 13.5. The molecule has 1 N–H and O–H groups in total. The van der Waals surface area contributed by atoms with E-state index in [9.17, 15) is 4.79 Å². The van der Waals surface area contributed by atoms with E-state index in [-0.39, 0.29) is 12.0 Å². The predicted molar refractivity (Wildman–Crippen MR) is 93.3 cm³/mol. The number of carbonyl (C=O) groups is 1. The highest BCUT2D eigenvalue weighted by Gasteiger charge is 2.35. The first kappa shape index (κ1) is 15.6. The average Bonchev–Trinajstić information content (AvgIpc) is 2.61. The normalized spacial score (nSPS) is 32.4. The van der Waals surface area contributed by atoms with E-state index in [0.29, 0.717) is 12.0 Å². The molecule has 1 amide bonds. The van der Waals surface area contributed by atoms with Gasteiger partial charge < -0.3 is 14.7 Å². The van der Waals surface area contributed by atoms with Crippen LogP contribution in [-0.2, 0) is 10.9 Å². The first-order valence-electron chi connectivity index (χ1n) is 8.77. The fourth-order valence-corrected chi connectivity index (χ4v) is 4.82. The fourth-order valence-electron chi connectivity index (χ4n) is 4.53. The summed E-state index contributed by atoms with van der Waals surface area (Å²) in [6, 6.07) is 6.39. The Morgan fingerprint density at radius 3 is 2.78 bits per heavy atom. The standard InChI is InChI=1S/C18H25N2O2P/c21-18(19-16-11-20-9-7-12(16)8-10-20)15-5-1-4-14-13(15)3-2-6-17(14)22-23/h1,4-5,12,16-17H,2-3,6-11,23H2,(H,19,21). The Morgan fingerprint density at radius 1 is 1.26 bits per heavy atom. The van der Waals surface area contributed by atoms with Crippen molar-refractivity contribution in [2.75, 3.05) is 19.6 Å². The predicted octanol–water partition coefficient (Wildman–Crippen LogP) is 2.69. The van der Waals surface area contributed by atoms with E-state index >= 15 is 0 Å². The zero-order valence-corrected chi connectivity index (χ0v) is 14.6. The average molecular weight is 332 g/mol. The van der Waals surface area contributed by atoms with E-state index in [0.717, 1.165) is 31.4 Å². The Kier molecular flexibility index (Phi) is 4.40. The van der Waals surface area contributed by atoms with Crippen LogP contribution in [0.25, 0.3) is 0 Å². The summed E-state index contributed by atoms with van der Waals surface area (Å²) in [5, 5.41) is 3.32. The van der Waals surface area contributed by atoms with Crippen molar-refractivity contribution >= 4 is 15.4 Å².